The van der Waals surface area contributed by atoms with Gasteiger partial charge < -0.3 is 0 Å². The molecule has 0 fully saturated rings. The monoisotopic (exact) mass is 367 g/mol. The predicted octanol–water partition coefficient (Wildman–Crippen LogP) is 4.03. The maximum atomic E-state index is 12.2. The van der Waals surface area contributed by atoms with Gasteiger partial charge in [-0.15, -0.1) is 11.3 Å². The number of rotatable bonds is 6. The summed E-state index contributed by atoms with van der Waals surface area (Å²) in [6, 6.07) is 1.71. The van der Waals surface area contributed by atoms with E-state index in [9.17, 15) is 8.42 Å². The van der Waals surface area contributed by atoms with E-state index in [-0.39, 0.29) is 0 Å². The zero-order chi connectivity index (χ0) is 14.8. The van der Waals surface area contributed by atoms with Crippen LogP contribution in [0.15, 0.2) is 14.1 Å². The molecule has 1 aromatic heterocycles. The average Bonchev–Trinajstić information content (AvgIpc) is 2.59. The number of sulfonamides is 1. The van der Waals surface area contributed by atoms with Gasteiger partial charge in [-0.3, -0.25) is 0 Å². The van der Waals surface area contributed by atoms with Gasteiger partial charge in [0.2, 0.25) is 10.0 Å². The van der Waals surface area contributed by atoms with Crippen LogP contribution in [-0.2, 0) is 10.0 Å². The van der Waals surface area contributed by atoms with Crippen molar-refractivity contribution in [2.75, 3.05) is 6.54 Å². The molecule has 0 amide bonds. The molecule has 110 valence electrons. The van der Waals surface area contributed by atoms with Crippen LogP contribution >= 0.6 is 27.3 Å². The average molecular weight is 368 g/mol. The Balaban J connectivity index is 2.80. The second kappa shape index (κ2) is 6.70. The lowest BCUT2D eigenvalue weighted by molar-refractivity contribution is 0.289. The lowest BCUT2D eigenvalue weighted by Gasteiger charge is -2.24. The molecule has 0 aliphatic carbocycles. The summed E-state index contributed by atoms with van der Waals surface area (Å²) in [7, 11) is -3.39. The zero-order valence-electron chi connectivity index (χ0n) is 12.0. The molecule has 19 heavy (non-hydrogen) atoms. The van der Waals surface area contributed by atoms with Gasteiger partial charge in [0.05, 0.1) is 3.79 Å². The van der Waals surface area contributed by atoms with Gasteiger partial charge in [0.25, 0.3) is 0 Å². The van der Waals surface area contributed by atoms with Crippen molar-refractivity contribution in [3.8, 4) is 0 Å². The first-order valence-electron chi connectivity index (χ1n) is 6.40. The molecule has 0 atom stereocenters. The van der Waals surface area contributed by atoms with Crippen molar-refractivity contribution in [2.45, 2.75) is 38.8 Å². The van der Waals surface area contributed by atoms with Crippen LogP contribution in [0.2, 0.25) is 0 Å². The Morgan fingerprint density at radius 2 is 1.79 bits per heavy atom. The second-order valence-electron chi connectivity index (χ2n) is 5.53. The summed E-state index contributed by atoms with van der Waals surface area (Å²) >= 11 is 4.62. The summed E-state index contributed by atoms with van der Waals surface area (Å²) in [5.41, 5.74) is 0.953. The van der Waals surface area contributed by atoms with Gasteiger partial charge in [-0.2, -0.15) is 0 Å². The molecule has 0 saturated heterocycles. The zero-order valence-corrected chi connectivity index (χ0v) is 15.2. The van der Waals surface area contributed by atoms with E-state index >= 15 is 0 Å². The van der Waals surface area contributed by atoms with E-state index in [1.54, 1.807) is 6.07 Å². The van der Waals surface area contributed by atoms with Crippen molar-refractivity contribution in [1.29, 1.82) is 0 Å². The van der Waals surface area contributed by atoms with Crippen molar-refractivity contribution >= 4 is 37.3 Å². The summed E-state index contributed by atoms with van der Waals surface area (Å²) in [5, 5.41) is 0. The maximum absolute atomic E-state index is 12.2. The molecule has 1 aromatic rings. The molecule has 0 aromatic carbocycles. The molecule has 3 nitrogen and oxygen atoms in total. The number of aryl methyl sites for hydroxylation is 1. The van der Waals surface area contributed by atoms with Gasteiger partial charge >= 0.3 is 0 Å². The predicted molar refractivity (Wildman–Crippen MR) is 85.1 cm³/mol. The fourth-order valence-electron chi connectivity index (χ4n) is 2.08. The Kier molecular flexibility index (Phi) is 6.04. The van der Waals surface area contributed by atoms with Gasteiger partial charge in [-0.25, -0.2) is 13.1 Å². The van der Waals surface area contributed by atoms with Gasteiger partial charge in [0.15, 0.2) is 0 Å². The Labute approximate surface area is 129 Å². The van der Waals surface area contributed by atoms with Gasteiger partial charge in [0, 0.05) is 6.54 Å². The molecular formula is C13H22BrNO2S2. The Morgan fingerprint density at radius 1 is 1.26 bits per heavy atom. The fourth-order valence-corrected chi connectivity index (χ4v) is 5.43. The van der Waals surface area contributed by atoms with Crippen LogP contribution in [0.25, 0.3) is 0 Å². The third-order valence-corrected chi connectivity index (χ3v) is 7.35. The molecule has 0 aliphatic rings. The molecule has 0 aliphatic heterocycles. The summed E-state index contributed by atoms with van der Waals surface area (Å²) in [4.78, 5) is 0. The Bertz CT molecular complexity index is 493. The lowest BCUT2D eigenvalue weighted by atomic mass is 9.86. The lowest BCUT2D eigenvalue weighted by Crippen LogP contribution is -2.33. The molecule has 0 radical (unpaired) electrons. The van der Waals surface area contributed by atoms with Crippen LogP contribution < -0.4 is 4.72 Å². The van der Waals surface area contributed by atoms with Crippen LogP contribution in [0, 0.1) is 24.7 Å². The Hall–Kier alpha value is 0.0900. The van der Waals surface area contributed by atoms with E-state index in [2.05, 4.69) is 48.3 Å². The first kappa shape index (κ1) is 17.1. The van der Waals surface area contributed by atoms with Gasteiger partial charge in [0.1, 0.15) is 4.21 Å². The summed E-state index contributed by atoms with van der Waals surface area (Å²) in [6.07, 6.45) is 0. The highest BCUT2D eigenvalue weighted by molar-refractivity contribution is 9.11. The van der Waals surface area contributed by atoms with Crippen molar-refractivity contribution < 1.29 is 8.42 Å². The highest BCUT2D eigenvalue weighted by atomic mass is 79.9. The molecule has 1 rings (SSSR count). The Morgan fingerprint density at radius 3 is 2.16 bits per heavy atom. The minimum atomic E-state index is -3.39. The SMILES string of the molecule is Cc1cc(S(=O)(=O)NCC(C(C)C)C(C)C)sc1Br. The van der Waals surface area contributed by atoms with Crippen LogP contribution in [0.5, 0.6) is 0 Å². The van der Waals surface area contributed by atoms with E-state index in [0.29, 0.717) is 28.5 Å². The molecule has 0 unspecified atom stereocenters. The molecular weight excluding hydrogens is 346 g/mol. The number of thiophene rings is 1. The number of nitrogens with one attached hydrogen (secondary N) is 1. The molecule has 1 heterocycles. The third kappa shape index (κ3) is 4.55. The number of hydrogen-bond donors (Lipinski definition) is 1. The first-order chi connectivity index (χ1) is 8.65. The van der Waals surface area contributed by atoms with E-state index in [0.717, 1.165) is 9.35 Å². The summed E-state index contributed by atoms with van der Waals surface area (Å²) < 4.78 is 28.4. The van der Waals surface area contributed by atoms with Gasteiger partial charge in [-0.1, -0.05) is 27.7 Å². The smallest absolute Gasteiger partial charge is 0.210 e. The minimum absolute atomic E-state index is 0.347. The molecule has 0 spiro atoms. The van der Waals surface area contributed by atoms with E-state index in [4.69, 9.17) is 0 Å². The van der Waals surface area contributed by atoms with Crippen LogP contribution in [0.1, 0.15) is 33.3 Å². The maximum Gasteiger partial charge on any atom is 0.250 e. The quantitative estimate of drug-likeness (QED) is 0.824. The fraction of sp³-hybridized carbons (Fsp3) is 0.692. The first-order valence-corrected chi connectivity index (χ1v) is 9.50. The molecule has 6 heteroatoms. The van der Waals surface area contributed by atoms with Crippen molar-refractivity contribution in [3.63, 3.8) is 0 Å². The second-order valence-corrected chi connectivity index (χ2v) is 9.89. The topological polar surface area (TPSA) is 46.2 Å². The van der Waals surface area contributed by atoms with E-state index in [1.165, 1.54) is 11.3 Å². The van der Waals surface area contributed by atoms with Crippen molar-refractivity contribution in [1.82, 2.24) is 4.72 Å². The van der Waals surface area contributed by atoms with Crippen LogP contribution in [0.4, 0.5) is 0 Å². The minimum Gasteiger partial charge on any atom is -0.210 e. The standard InChI is InChI=1S/C13H22BrNO2S2/c1-8(2)11(9(3)4)7-15-19(16,17)12-6-10(5)13(14)18-12/h6,8-9,11,15H,7H2,1-5H3. The number of hydrogen-bond acceptors (Lipinski definition) is 3. The molecule has 0 bridgehead atoms. The van der Waals surface area contributed by atoms with Crippen molar-refractivity contribution in [3.05, 3.63) is 15.4 Å². The normalized spacial score (nSPS) is 12.9. The van der Waals surface area contributed by atoms with Crippen LogP contribution in [0.3, 0.4) is 0 Å². The summed E-state index contributed by atoms with van der Waals surface area (Å²) in [6.45, 7) is 10.9. The van der Waals surface area contributed by atoms with Crippen LogP contribution in [-0.4, -0.2) is 15.0 Å². The highest BCUT2D eigenvalue weighted by Gasteiger charge is 2.23. The largest absolute Gasteiger partial charge is 0.250 e. The molecule has 1 N–H and O–H groups in total. The number of halogens is 1. The summed E-state index contributed by atoms with van der Waals surface area (Å²) in [5.74, 6) is 1.26. The van der Waals surface area contributed by atoms with E-state index in [1.807, 2.05) is 6.92 Å². The third-order valence-electron chi connectivity index (χ3n) is 3.32. The van der Waals surface area contributed by atoms with Gasteiger partial charge in [-0.05, 0) is 52.2 Å². The highest BCUT2D eigenvalue weighted by Crippen LogP contribution is 2.30. The molecule has 0 saturated carbocycles. The van der Waals surface area contributed by atoms with Crippen molar-refractivity contribution in [2.24, 2.45) is 17.8 Å². The van der Waals surface area contributed by atoms with E-state index < -0.39 is 10.0 Å².